The number of nitrogens with one attached hydrogen (secondary N) is 1. The summed E-state index contributed by atoms with van der Waals surface area (Å²) in [4.78, 5) is 0. The van der Waals surface area contributed by atoms with Gasteiger partial charge in [-0.15, -0.1) is 0 Å². The van der Waals surface area contributed by atoms with Gasteiger partial charge in [0.2, 0.25) is 0 Å². The van der Waals surface area contributed by atoms with Gasteiger partial charge in [0.1, 0.15) is 0 Å². The Balaban J connectivity index is 2.21. The van der Waals surface area contributed by atoms with Gasteiger partial charge in [0.05, 0.1) is 5.41 Å². The molecule has 1 saturated carbocycles. The van der Waals surface area contributed by atoms with E-state index < -0.39 is 11.6 Å². The van der Waals surface area contributed by atoms with Gasteiger partial charge in [0.25, 0.3) is 0 Å². The van der Waals surface area contributed by atoms with Crippen molar-refractivity contribution in [2.75, 3.05) is 13.1 Å². The Hall–Kier alpha value is -0.250. The fraction of sp³-hybridized carbons (Fsp3) is 1.00. The minimum Gasteiger partial charge on any atom is -0.316 e. The molecule has 0 radical (unpaired) electrons. The number of halogens is 3. The third-order valence-corrected chi connectivity index (χ3v) is 3.90. The van der Waals surface area contributed by atoms with Gasteiger partial charge in [-0.25, -0.2) is 0 Å². The van der Waals surface area contributed by atoms with Gasteiger partial charge in [0.15, 0.2) is 0 Å². The topological polar surface area (TPSA) is 12.0 Å². The third-order valence-electron chi connectivity index (χ3n) is 3.90. The molecule has 4 heteroatoms. The van der Waals surface area contributed by atoms with Crippen molar-refractivity contribution in [3.63, 3.8) is 0 Å². The van der Waals surface area contributed by atoms with Gasteiger partial charge in [-0.05, 0) is 38.3 Å². The highest BCUT2D eigenvalue weighted by Crippen LogP contribution is 2.56. The van der Waals surface area contributed by atoms with E-state index in [4.69, 9.17) is 0 Å². The molecule has 2 fully saturated rings. The van der Waals surface area contributed by atoms with Crippen LogP contribution in [0.15, 0.2) is 0 Å². The Bertz CT molecular complexity index is 200. The molecule has 1 atom stereocenters. The molecule has 1 unspecified atom stereocenters. The number of rotatable bonds is 1. The highest BCUT2D eigenvalue weighted by molar-refractivity contribution is 4.98. The Labute approximate surface area is 82.1 Å². The van der Waals surface area contributed by atoms with Crippen LogP contribution in [0.4, 0.5) is 13.2 Å². The van der Waals surface area contributed by atoms with Crippen LogP contribution in [0, 0.1) is 11.3 Å². The lowest BCUT2D eigenvalue weighted by molar-refractivity contribution is -0.239. The molecule has 2 aliphatic rings. The van der Waals surface area contributed by atoms with Crippen LogP contribution in [0.25, 0.3) is 0 Å². The molecular formula is C10H16F3N. The summed E-state index contributed by atoms with van der Waals surface area (Å²) in [5.74, 6) is -0.176. The second-order valence-corrected chi connectivity index (χ2v) is 4.55. The molecule has 0 aromatic heterocycles. The van der Waals surface area contributed by atoms with Crippen molar-refractivity contribution >= 4 is 0 Å². The zero-order valence-corrected chi connectivity index (χ0v) is 8.16. The van der Waals surface area contributed by atoms with Crippen molar-refractivity contribution in [1.82, 2.24) is 5.32 Å². The lowest BCUT2D eigenvalue weighted by Crippen LogP contribution is -2.43. The molecule has 14 heavy (non-hydrogen) atoms. The summed E-state index contributed by atoms with van der Waals surface area (Å²) >= 11 is 0. The van der Waals surface area contributed by atoms with E-state index >= 15 is 0 Å². The van der Waals surface area contributed by atoms with E-state index in [0.717, 1.165) is 19.4 Å². The van der Waals surface area contributed by atoms with E-state index in [1.54, 1.807) is 0 Å². The number of hydrogen-bond acceptors (Lipinski definition) is 1. The molecule has 0 bridgehead atoms. The normalized spacial score (nSPS) is 32.4. The largest absolute Gasteiger partial charge is 0.394 e. The summed E-state index contributed by atoms with van der Waals surface area (Å²) in [5.41, 5.74) is -1.35. The standard InChI is InChI=1S/C10H16F3N/c11-10(12,13)9(4-1-2-5-9)8-3-6-14-7-8/h8,14H,1-7H2. The molecule has 2 rings (SSSR count). The van der Waals surface area contributed by atoms with Crippen LogP contribution < -0.4 is 5.32 Å². The first-order valence-corrected chi connectivity index (χ1v) is 5.34. The van der Waals surface area contributed by atoms with Crippen LogP contribution >= 0.6 is 0 Å². The fourth-order valence-electron chi connectivity index (χ4n) is 3.06. The monoisotopic (exact) mass is 207 g/mol. The van der Waals surface area contributed by atoms with Crippen molar-refractivity contribution in [2.45, 2.75) is 38.3 Å². The van der Waals surface area contributed by atoms with E-state index in [0.29, 0.717) is 25.8 Å². The van der Waals surface area contributed by atoms with Crippen molar-refractivity contribution in [1.29, 1.82) is 0 Å². The van der Waals surface area contributed by atoms with Gasteiger partial charge in [-0.1, -0.05) is 12.8 Å². The molecule has 0 spiro atoms. The summed E-state index contributed by atoms with van der Waals surface area (Å²) in [6.07, 6.45) is -1.11. The van der Waals surface area contributed by atoms with Crippen LogP contribution in [0.2, 0.25) is 0 Å². The molecule has 1 aliphatic heterocycles. The van der Waals surface area contributed by atoms with Crippen molar-refractivity contribution < 1.29 is 13.2 Å². The minimum absolute atomic E-state index is 0.176. The Morgan fingerprint density at radius 3 is 2.21 bits per heavy atom. The van der Waals surface area contributed by atoms with Crippen LogP contribution in [0.1, 0.15) is 32.1 Å². The van der Waals surface area contributed by atoms with E-state index in [-0.39, 0.29) is 5.92 Å². The maximum Gasteiger partial charge on any atom is 0.394 e. The molecule has 1 N–H and O–H groups in total. The van der Waals surface area contributed by atoms with Crippen molar-refractivity contribution in [2.24, 2.45) is 11.3 Å². The predicted molar refractivity (Wildman–Crippen MR) is 47.9 cm³/mol. The Kier molecular flexibility index (Phi) is 2.50. The zero-order chi connectivity index (χ0) is 10.2. The maximum atomic E-state index is 13.0. The molecule has 1 heterocycles. The summed E-state index contributed by atoms with van der Waals surface area (Å²) in [5, 5.41) is 3.05. The summed E-state index contributed by atoms with van der Waals surface area (Å²) in [7, 11) is 0. The first kappa shape index (κ1) is 10.3. The summed E-state index contributed by atoms with van der Waals surface area (Å²) in [6.45, 7) is 1.31. The van der Waals surface area contributed by atoms with Crippen LogP contribution in [-0.2, 0) is 0 Å². The van der Waals surface area contributed by atoms with E-state index in [9.17, 15) is 13.2 Å². The Morgan fingerprint density at radius 1 is 1.14 bits per heavy atom. The van der Waals surface area contributed by atoms with E-state index in [2.05, 4.69) is 5.32 Å². The zero-order valence-electron chi connectivity index (χ0n) is 8.16. The smallest absolute Gasteiger partial charge is 0.316 e. The summed E-state index contributed by atoms with van der Waals surface area (Å²) < 4.78 is 39.1. The number of alkyl halides is 3. The highest BCUT2D eigenvalue weighted by atomic mass is 19.4. The SMILES string of the molecule is FC(F)(F)C1(C2CCNC2)CCCC1. The average molecular weight is 207 g/mol. The van der Waals surface area contributed by atoms with Crippen LogP contribution in [0.3, 0.4) is 0 Å². The van der Waals surface area contributed by atoms with Crippen LogP contribution in [0.5, 0.6) is 0 Å². The van der Waals surface area contributed by atoms with Crippen molar-refractivity contribution in [3.8, 4) is 0 Å². The Morgan fingerprint density at radius 2 is 1.79 bits per heavy atom. The van der Waals surface area contributed by atoms with Crippen molar-refractivity contribution in [3.05, 3.63) is 0 Å². The molecule has 0 amide bonds. The lowest BCUT2D eigenvalue weighted by Gasteiger charge is -2.36. The van der Waals surface area contributed by atoms with E-state index in [1.165, 1.54) is 0 Å². The molecule has 0 aromatic rings. The van der Waals surface area contributed by atoms with Gasteiger partial charge in [-0.3, -0.25) is 0 Å². The first-order valence-electron chi connectivity index (χ1n) is 5.34. The van der Waals surface area contributed by atoms with Crippen LogP contribution in [-0.4, -0.2) is 19.3 Å². The average Bonchev–Trinajstić information content (AvgIpc) is 2.74. The molecule has 82 valence electrons. The molecule has 0 aromatic carbocycles. The molecule has 1 saturated heterocycles. The minimum atomic E-state index is -4.00. The molecular weight excluding hydrogens is 191 g/mol. The van der Waals surface area contributed by atoms with Gasteiger partial charge >= 0.3 is 6.18 Å². The first-order chi connectivity index (χ1) is 6.56. The number of hydrogen-bond donors (Lipinski definition) is 1. The molecule has 1 aliphatic carbocycles. The fourth-order valence-corrected chi connectivity index (χ4v) is 3.06. The van der Waals surface area contributed by atoms with E-state index in [1.807, 2.05) is 0 Å². The van der Waals surface area contributed by atoms with Gasteiger partial charge in [0, 0.05) is 0 Å². The maximum absolute atomic E-state index is 13.0. The lowest BCUT2D eigenvalue weighted by atomic mass is 9.72. The van der Waals surface area contributed by atoms with Gasteiger partial charge in [-0.2, -0.15) is 13.2 Å². The van der Waals surface area contributed by atoms with Gasteiger partial charge < -0.3 is 5.32 Å². The molecule has 1 nitrogen and oxygen atoms in total. The highest BCUT2D eigenvalue weighted by Gasteiger charge is 2.59. The predicted octanol–water partition coefficient (Wildman–Crippen LogP) is 2.72. The third kappa shape index (κ3) is 1.44. The quantitative estimate of drug-likeness (QED) is 0.697. The second kappa shape index (κ2) is 3.40. The second-order valence-electron chi connectivity index (χ2n) is 4.55. The summed E-state index contributed by atoms with van der Waals surface area (Å²) in [6, 6.07) is 0.